The summed E-state index contributed by atoms with van der Waals surface area (Å²) >= 11 is -9.42. The van der Waals surface area contributed by atoms with E-state index < -0.39 is 80.8 Å². The molecule has 0 saturated carbocycles. The van der Waals surface area contributed by atoms with Crippen LogP contribution in [0.25, 0.3) is 0 Å². The molecule has 0 atom stereocenters. The normalized spacial score (nSPS) is 15.3. The Balaban J connectivity index is 3.02. The maximum atomic E-state index is 15.1. The molecule has 238 valence electrons. The summed E-state index contributed by atoms with van der Waals surface area (Å²) in [5.74, 6) is -32.3. The zero-order valence-electron chi connectivity index (χ0n) is 20.1. The van der Waals surface area contributed by atoms with Gasteiger partial charge in [0, 0.05) is 0 Å². The molecule has 0 aliphatic rings. The van der Waals surface area contributed by atoms with Crippen molar-refractivity contribution in [3.63, 3.8) is 0 Å². The molecule has 0 fully saturated rings. The summed E-state index contributed by atoms with van der Waals surface area (Å²) < 4.78 is 237. The summed E-state index contributed by atoms with van der Waals surface area (Å²) in [6, 6.07) is 9.09. The predicted molar refractivity (Wildman–Crippen MR) is 109 cm³/mol. The fraction of sp³-hybridized carbons (Fsp3) is 0.455. The van der Waals surface area contributed by atoms with Crippen molar-refractivity contribution < 1.29 is 82.1 Å². The van der Waals surface area contributed by atoms with Crippen molar-refractivity contribution in [1.29, 1.82) is 0 Å². The van der Waals surface area contributed by atoms with Gasteiger partial charge in [-0.3, -0.25) is 0 Å². The van der Waals surface area contributed by atoms with Crippen molar-refractivity contribution in [2.45, 2.75) is 56.4 Å². The summed E-state index contributed by atoms with van der Waals surface area (Å²) in [4.78, 5) is 0. The van der Waals surface area contributed by atoms with Crippen molar-refractivity contribution in [1.82, 2.24) is 0 Å². The molecule has 0 radical (unpaired) electrons. The molecule has 0 bridgehead atoms. The zero-order chi connectivity index (χ0) is 33.0. The van der Waals surface area contributed by atoms with Crippen molar-refractivity contribution in [2.24, 2.45) is 0 Å². The molecule has 0 heterocycles. The first-order chi connectivity index (χ1) is 18.5. The summed E-state index contributed by atoms with van der Waals surface area (Å²) in [6.45, 7) is 0.369. The summed E-state index contributed by atoms with van der Waals surface area (Å²) in [7, 11) is 0. The Morgan fingerprint density at radius 3 is 0.929 bits per heavy atom. The van der Waals surface area contributed by atoms with E-state index in [4.69, 9.17) is 0 Å². The van der Waals surface area contributed by atoms with Crippen LogP contribution in [0.5, 0.6) is 0 Å². The number of halogens is 18. The average Bonchev–Trinajstić information content (AvgIpc) is 2.86. The van der Waals surface area contributed by atoms with E-state index in [1.165, 1.54) is 0 Å². The Kier molecular flexibility index (Phi) is 9.32. The molecule has 1 nitrogen and oxygen atoms in total. The van der Waals surface area contributed by atoms with Gasteiger partial charge in [0.1, 0.15) is 0 Å². The van der Waals surface area contributed by atoms with Gasteiger partial charge in [0.15, 0.2) is 0 Å². The van der Waals surface area contributed by atoms with Crippen LogP contribution in [0.1, 0.15) is 18.1 Å². The van der Waals surface area contributed by atoms with E-state index in [1.54, 1.807) is 0 Å². The molecule has 0 saturated heterocycles. The molecule has 0 amide bonds. The van der Waals surface area contributed by atoms with E-state index in [2.05, 4.69) is 3.07 Å². The average molecular weight is 755 g/mol. The van der Waals surface area contributed by atoms with E-state index >= 15 is 17.6 Å². The third kappa shape index (κ3) is 5.51. The monoisotopic (exact) mass is 756 g/mol. The molecule has 2 aromatic carbocycles. The van der Waals surface area contributed by atoms with Crippen LogP contribution in [0.4, 0.5) is 79.0 Å². The first-order valence-electron chi connectivity index (χ1n) is 10.7. The van der Waals surface area contributed by atoms with Gasteiger partial charge in [-0.2, -0.15) is 0 Å². The second-order valence-corrected chi connectivity index (χ2v) is 15.8. The van der Waals surface area contributed by atoms with Gasteiger partial charge < -0.3 is 0 Å². The SMILES string of the molecule is CC([O][SnH]([C](F)(F)C(F)(F)C(F)(F)C(F)(F)F)[C](F)(F)C(F)(F)C(F)(F)C(F)(F)F)(c1ccccc1)c1ccccc1. The minimum absolute atomic E-state index is 0.369. The van der Waals surface area contributed by atoms with Gasteiger partial charge in [-0.1, -0.05) is 0 Å². The molecular weight excluding hydrogens is 741 g/mol. The van der Waals surface area contributed by atoms with Crippen molar-refractivity contribution in [3.8, 4) is 0 Å². The molecule has 0 N–H and O–H groups in total. The number of hydrogen-bond donors (Lipinski definition) is 0. The Hall–Kier alpha value is -2.06. The number of benzene rings is 2. The van der Waals surface area contributed by atoms with Crippen LogP contribution in [0, 0.1) is 0 Å². The summed E-state index contributed by atoms with van der Waals surface area (Å²) in [5, 5.41) is 0. The first kappa shape index (κ1) is 36.1. The third-order valence-electron chi connectivity index (χ3n) is 6.00. The van der Waals surface area contributed by atoms with Crippen LogP contribution >= 0.6 is 0 Å². The molecular formula is C22H14F18OSn. The molecule has 0 aliphatic carbocycles. The molecule has 0 aliphatic heterocycles. The van der Waals surface area contributed by atoms with E-state index in [0.29, 0.717) is 6.92 Å². The standard InChI is InChI=1S/C14H13O.2C4F9.Sn.H/c1-14(15,12-8-4-2-5-9-12)13-10-6-3-7-11-13;2*5-1(6)2(7,8)3(9,10)4(11,12)13;;/h2-11H,1H3;;;;/q-1;;;+1;. The van der Waals surface area contributed by atoms with Crippen LogP contribution in [0.15, 0.2) is 60.7 Å². The fourth-order valence-electron chi connectivity index (χ4n) is 3.53. The second kappa shape index (κ2) is 10.8. The topological polar surface area (TPSA) is 9.23 Å². The van der Waals surface area contributed by atoms with Crippen molar-refractivity contribution in [3.05, 3.63) is 71.8 Å². The van der Waals surface area contributed by atoms with E-state index in [9.17, 15) is 61.5 Å². The van der Waals surface area contributed by atoms with E-state index in [1.807, 2.05) is 0 Å². The Bertz CT molecular complexity index is 1120. The molecule has 2 aromatic rings. The molecule has 0 aromatic heterocycles. The molecule has 2 rings (SSSR count). The summed E-state index contributed by atoms with van der Waals surface area (Å²) in [5.41, 5.74) is -4.69. The van der Waals surface area contributed by atoms with Crippen molar-refractivity contribution in [2.75, 3.05) is 0 Å². The van der Waals surface area contributed by atoms with Gasteiger partial charge in [-0.05, 0) is 0 Å². The number of rotatable bonds is 10. The second-order valence-electron chi connectivity index (χ2n) is 8.80. The fourth-order valence-corrected chi connectivity index (χ4v) is 10.7. The molecule has 20 heteroatoms. The van der Waals surface area contributed by atoms with Crippen LogP contribution in [-0.4, -0.2) is 64.1 Å². The van der Waals surface area contributed by atoms with Gasteiger partial charge in [-0.25, -0.2) is 0 Å². The van der Waals surface area contributed by atoms with Crippen molar-refractivity contribution >= 4 is 20.2 Å². The maximum absolute atomic E-state index is 15.1. The predicted octanol–water partition coefficient (Wildman–Crippen LogP) is 8.71. The molecule has 0 unspecified atom stereocenters. The van der Waals surface area contributed by atoms with Crippen LogP contribution < -0.4 is 0 Å². The number of hydrogen-bond acceptors (Lipinski definition) is 1. The zero-order valence-corrected chi connectivity index (χ0v) is 23.4. The number of alkyl halides is 18. The summed E-state index contributed by atoms with van der Waals surface area (Å²) in [6.07, 6.45) is -15.4. The van der Waals surface area contributed by atoms with Crippen LogP contribution in [0.3, 0.4) is 0 Å². The quantitative estimate of drug-likeness (QED) is 0.174. The van der Waals surface area contributed by atoms with Gasteiger partial charge in [0.25, 0.3) is 0 Å². The first-order valence-corrected chi connectivity index (χ1v) is 15.4. The Morgan fingerprint density at radius 2 is 0.690 bits per heavy atom. The minimum atomic E-state index is -9.42. The van der Waals surface area contributed by atoms with Gasteiger partial charge >= 0.3 is 231 Å². The van der Waals surface area contributed by atoms with E-state index in [0.717, 1.165) is 60.7 Å². The Morgan fingerprint density at radius 1 is 0.429 bits per heavy atom. The van der Waals surface area contributed by atoms with Gasteiger partial charge in [0.2, 0.25) is 0 Å². The molecule has 42 heavy (non-hydrogen) atoms. The van der Waals surface area contributed by atoms with Crippen LogP contribution in [-0.2, 0) is 8.68 Å². The van der Waals surface area contributed by atoms with E-state index in [-0.39, 0.29) is 0 Å². The van der Waals surface area contributed by atoms with Gasteiger partial charge in [-0.15, -0.1) is 0 Å². The Labute approximate surface area is 230 Å². The molecule has 0 spiro atoms. The van der Waals surface area contributed by atoms with Gasteiger partial charge in [0.05, 0.1) is 0 Å². The van der Waals surface area contributed by atoms with Crippen LogP contribution in [0.2, 0.25) is 0 Å². The third-order valence-corrected chi connectivity index (χ3v) is 13.8.